The number of nitrogens with one attached hydrogen (secondary N) is 1. The fraction of sp³-hybridized carbons (Fsp3) is 0.188. The molecule has 0 spiro atoms. The first-order valence-electron chi connectivity index (χ1n) is 13.3. The molecule has 3 unspecified atom stereocenters. The molecular formula is C32H28FN5O2. The average Bonchev–Trinajstić information content (AvgIpc) is 3.52. The zero-order valence-corrected chi connectivity index (χ0v) is 21.9. The van der Waals surface area contributed by atoms with E-state index in [1.54, 1.807) is 41.3 Å². The number of aromatic nitrogens is 3. The number of pyridine rings is 1. The van der Waals surface area contributed by atoms with E-state index in [9.17, 15) is 14.0 Å². The van der Waals surface area contributed by atoms with Crippen molar-refractivity contribution in [3.05, 3.63) is 120 Å². The minimum atomic E-state index is -0.439. The summed E-state index contributed by atoms with van der Waals surface area (Å²) in [7, 11) is 0. The van der Waals surface area contributed by atoms with E-state index >= 15 is 0 Å². The Morgan fingerprint density at radius 1 is 0.950 bits per heavy atom. The van der Waals surface area contributed by atoms with E-state index < -0.39 is 12.0 Å². The van der Waals surface area contributed by atoms with Gasteiger partial charge in [0.25, 0.3) is 5.91 Å². The molecule has 3 heterocycles. The molecule has 1 saturated heterocycles. The lowest BCUT2D eigenvalue weighted by Crippen LogP contribution is -2.47. The lowest BCUT2D eigenvalue weighted by Gasteiger charge is -2.28. The van der Waals surface area contributed by atoms with Crippen LogP contribution in [0.1, 0.15) is 29.3 Å². The number of hydrogen-bond donors (Lipinski definition) is 1. The van der Waals surface area contributed by atoms with Gasteiger partial charge in [-0.1, -0.05) is 37.3 Å². The van der Waals surface area contributed by atoms with Gasteiger partial charge in [0.2, 0.25) is 5.91 Å². The summed E-state index contributed by atoms with van der Waals surface area (Å²) < 4.78 is 15.2. The number of halogens is 1. The topological polar surface area (TPSA) is 80.1 Å². The van der Waals surface area contributed by atoms with Crippen LogP contribution in [0.4, 0.5) is 10.1 Å². The van der Waals surface area contributed by atoms with Gasteiger partial charge in [-0.05, 0) is 73.0 Å². The van der Waals surface area contributed by atoms with E-state index in [-0.39, 0.29) is 23.7 Å². The van der Waals surface area contributed by atoms with Gasteiger partial charge in [0, 0.05) is 23.5 Å². The molecule has 1 aliphatic rings. The smallest absolute Gasteiger partial charge is 0.253 e. The maximum absolute atomic E-state index is 14.1. The monoisotopic (exact) mass is 533 g/mol. The number of rotatable bonds is 7. The second kappa shape index (κ2) is 10.7. The molecule has 2 amide bonds. The van der Waals surface area contributed by atoms with Gasteiger partial charge in [0.15, 0.2) is 0 Å². The summed E-state index contributed by atoms with van der Waals surface area (Å²) in [6, 6.07) is 24.6. The van der Waals surface area contributed by atoms with Gasteiger partial charge in [0.1, 0.15) is 5.82 Å². The normalized spacial score (nSPS) is 18.8. The quantitative estimate of drug-likeness (QED) is 0.306. The molecule has 3 aromatic carbocycles. The first kappa shape index (κ1) is 25.4. The van der Waals surface area contributed by atoms with Crippen LogP contribution in [0.15, 0.2) is 104 Å². The van der Waals surface area contributed by atoms with Crippen molar-refractivity contribution in [3.8, 4) is 5.69 Å². The van der Waals surface area contributed by atoms with Crippen molar-refractivity contribution in [2.24, 2.45) is 5.92 Å². The number of nitrogens with zero attached hydrogens (tertiary/aromatic N) is 4. The van der Waals surface area contributed by atoms with Crippen LogP contribution in [0.2, 0.25) is 0 Å². The Hall–Kier alpha value is -4.85. The van der Waals surface area contributed by atoms with Gasteiger partial charge < -0.3 is 10.2 Å². The zero-order valence-electron chi connectivity index (χ0n) is 21.9. The van der Waals surface area contributed by atoms with Crippen LogP contribution in [0.3, 0.4) is 0 Å². The SMILES string of the molecule is CCC1C(NC(=O)c2cccnc2)C(Cc2ccccc2)C(=O)N1c1ccc2c(cnn2-c2ccc(F)cc2)c1. The lowest BCUT2D eigenvalue weighted by molar-refractivity contribution is -0.120. The predicted molar refractivity (Wildman–Crippen MR) is 152 cm³/mol. The van der Waals surface area contributed by atoms with Crippen molar-refractivity contribution in [3.63, 3.8) is 0 Å². The van der Waals surface area contributed by atoms with Crippen molar-refractivity contribution in [2.45, 2.75) is 31.8 Å². The van der Waals surface area contributed by atoms with Crippen LogP contribution in [0.25, 0.3) is 16.6 Å². The van der Waals surface area contributed by atoms with Crippen molar-refractivity contribution in [1.82, 2.24) is 20.1 Å². The number of hydrogen-bond acceptors (Lipinski definition) is 4. The third-order valence-corrected chi connectivity index (χ3v) is 7.57. The largest absolute Gasteiger partial charge is 0.346 e. The highest BCUT2D eigenvalue weighted by Crippen LogP contribution is 2.36. The maximum atomic E-state index is 14.1. The standard InChI is InChI=1S/C32H28FN5O2/c1-2-28-30(36-31(39)22-9-6-16-34-19-22)27(17-21-7-4-3-5-8-21)32(40)37(28)26-14-15-29-23(18-26)20-35-38(29)25-12-10-24(33)11-13-25/h3-16,18-20,27-28,30H,2,17H2,1H3,(H,36,39). The Labute approximate surface area is 231 Å². The molecule has 40 heavy (non-hydrogen) atoms. The summed E-state index contributed by atoms with van der Waals surface area (Å²) in [6.45, 7) is 2.03. The van der Waals surface area contributed by atoms with E-state index in [0.717, 1.165) is 27.8 Å². The highest BCUT2D eigenvalue weighted by Gasteiger charge is 2.48. The van der Waals surface area contributed by atoms with Crippen molar-refractivity contribution in [1.29, 1.82) is 0 Å². The van der Waals surface area contributed by atoms with Gasteiger partial charge in [-0.15, -0.1) is 0 Å². The maximum Gasteiger partial charge on any atom is 0.253 e. The predicted octanol–water partition coefficient (Wildman–Crippen LogP) is 5.34. The average molecular weight is 534 g/mol. The molecule has 200 valence electrons. The zero-order chi connectivity index (χ0) is 27.6. The molecule has 0 bridgehead atoms. The van der Waals surface area contributed by atoms with Crippen LogP contribution in [0.5, 0.6) is 0 Å². The molecule has 5 aromatic rings. The van der Waals surface area contributed by atoms with Crippen LogP contribution < -0.4 is 10.2 Å². The summed E-state index contributed by atoms with van der Waals surface area (Å²) in [6.07, 6.45) is 6.06. The number of amides is 2. The number of carbonyl (C=O) groups excluding carboxylic acids is 2. The Bertz CT molecular complexity index is 1650. The second-order valence-electron chi connectivity index (χ2n) is 10.00. The third-order valence-electron chi connectivity index (χ3n) is 7.57. The number of anilines is 1. The fourth-order valence-corrected chi connectivity index (χ4v) is 5.65. The highest BCUT2D eigenvalue weighted by molar-refractivity contribution is 6.02. The van der Waals surface area contributed by atoms with Crippen LogP contribution in [-0.2, 0) is 11.2 Å². The molecular weight excluding hydrogens is 505 g/mol. The molecule has 1 fully saturated rings. The highest BCUT2D eigenvalue weighted by atomic mass is 19.1. The van der Waals surface area contributed by atoms with Crippen LogP contribution in [0, 0.1) is 11.7 Å². The van der Waals surface area contributed by atoms with Gasteiger partial charge >= 0.3 is 0 Å². The first-order chi connectivity index (χ1) is 19.5. The molecule has 1 aliphatic heterocycles. The lowest BCUT2D eigenvalue weighted by atomic mass is 9.90. The Morgan fingerprint density at radius 3 is 2.45 bits per heavy atom. The van der Waals surface area contributed by atoms with Gasteiger partial charge in [-0.3, -0.25) is 14.6 Å². The molecule has 3 atom stereocenters. The second-order valence-corrected chi connectivity index (χ2v) is 10.00. The van der Waals surface area contributed by atoms with E-state index in [4.69, 9.17) is 0 Å². The van der Waals surface area contributed by atoms with E-state index in [0.29, 0.717) is 18.4 Å². The van der Waals surface area contributed by atoms with Crippen molar-refractivity contribution < 1.29 is 14.0 Å². The molecule has 7 nitrogen and oxygen atoms in total. The summed E-state index contributed by atoms with van der Waals surface area (Å²) in [4.78, 5) is 33.2. The minimum absolute atomic E-state index is 0.0301. The molecule has 6 rings (SSSR count). The van der Waals surface area contributed by atoms with Gasteiger partial charge in [-0.2, -0.15) is 5.10 Å². The third kappa shape index (κ3) is 4.73. The number of carbonyl (C=O) groups is 2. The number of fused-ring (bicyclic) bond motifs is 1. The Kier molecular flexibility index (Phi) is 6.82. The van der Waals surface area contributed by atoms with Gasteiger partial charge in [0.05, 0.1) is 41.0 Å². The van der Waals surface area contributed by atoms with E-state index in [2.05, 4.69) is 15.4 Å². The first-order valence-corrected chi connectivity index (χ1v) is 13.3. The van der Waals surface area contributed by atoms with Crippen LogP contribution >= 0.6 is 0 Å². The fourth-order valence-electron chi connectivity index (χ4n) is 5.65. The minimum Gasteiger partial charge on any atom is -0.346 e. The number of benzene rings is 3. The Balaban J connectivity index is 1.36. The van der Waals surface area contributed by atoms with Crippen molar-refractivity contribution >= 4 is 28.4 Å². The molecule has 0 radical (unpaired) electrons. The molecule has 1 N–H and O–H groups in total. The van der Waals surface area contributed by atoms with E-state index in [1.165, 1.54) is 18.3 Å². The summed E-state index contributed by atoms with van der Waals surface area (Å²) >= 11 is 0. The molecule has 0 saturated carbocycles. The summed E-state index contributed by atoms with van der Waals surface area (Å²) in [5.74, 6) is -1.03. The Morgan fingerprint density at radius 2 is 1.73 bits per heavy atom. The summed E-state index contributed by atoms with van der Waals surface area (Å²) in [5, 5.41) is 8.54. The van der Waals surface area contributed by atoms with Crippen LogP contribution in [-0.4, -0.2) is 38.7 Å². The molecule has 8 heteroatoms. The van der Waals surface area contributed by atoms with Crippen molar-refractivity contribution in [2.75, 3.05) is 4.90 Å². The van der Waals surface area contributed by atoms with Gasteiger partial charge in [-0.25, -0.2) is 9.07 Å². The molecule has 0 aliphatic carbocycles. The summed E-state index contributed by atoms with van der Waals surface area (Å²) in [5.41, 5.74) is 3.83. The molecule has 2 aromatic heterocycles. The van der Waals surface area contributed by atoms with E-state index in [1.807, 2.05) is 60.4 Å².